The molecule has 1 N–H and O–H groups in total. The third-order valence-corrected chi connectivity index (χ3v) is 12.4. The third kappa shape index (κ3) is 6.37. The van der Waals surface area contributed by atoms with Gasteiger partial charge in [0.25, 0.3) is 0 Å². The predicted molar refractivity (Wildman–Crippen MR) is 146 cm³/mol. The van der Waals surface area contributed by atoms with Crippen molar-refractivity contribution in [2.24, 2.45) is 0 Å². The lowest BCUT2D eigenvalue weighted by Crippen LogP contribution is -2.51. The molecule has 3 rings (SSSR count). The molecule has 0 bridgehead atoms. The molecule has 1 heterocycles. The van der Waals surface area contributed by atoms with Crippen molar-refractivity contribution < 1.29 is 14.6 Å². The fourth-order valence-corrected chi connectivity index (χ4v) is 7.58. The molecule has 188 valence electrons. The highest BCUT2D eigenvalue weighted by Crippen LogP contribution is 2.42. The Hall–Kier alpha value is -2.55. The van der Waals surface area contributed by atoms with Gasteiger partial charge in [-0.2, -0.15) is 0 Å². The Morgan fingerprint density at radius 2 is 1.66 bits per heavy atom. The van der Waals surface area contributed by atoms with Crippen LogP contribution in [-0.2, 0) is 10.3 Å². The summed E-state index contributed by atoms with van der Waals surface area (Å²) in [5.41, 5.74) is 4.87. The van der Waals surface area contributed by atoms with Crippen molar-refractivity contribution in [2.75, 3.05) is 6.54 Å². The van der Waals surface area contributed by atoms with E-state index >= 15 is 0 Å². The molecule has 4 nitrogen and oxygen atoms in total. The van der Waals surface area contributed by atoms with Gasteiger partial charge in [-0.05, 0) is 62.2 Å². The monoisotopic (exact) mass is 491 g/mol. The molecule has 0 radical (unpaired) electrons. The average Bonchev–Trinajstić information content (AvgIpc) is 2.85. The topological polar surface area (TPSA) is 49.8 Å². The standard InChI is InChI=1S/C30H41NO3Si/c1-7-35(8-2,9-3)22-19-25-15-17-26(18-16-25)24(4)31-21-20-30(34-28(31)32,23-29(5,6)33)27-13-11-10-12-14-27/h10-18,24,33H,7-9,20-21,23H2,1-6H3. The highest BCUT2D eigenvalue weighted by molar-refractivity contribution is 6.87. The maximum absolute atomic E-state index is 13.3. The minimum absolute atomic E-state index is 0.115. The first-order chi connectivity index (χ1) is 16.6. The fraction of sp³-hybridized carbons (Fsp3) is 0.500. The van der Waals surface area contributed by atoms with E-state index in [-0.39, 0.29) is 12.1 Å². The number of ether oxygens (including phenoxy) is 1. The van der Waals surface area contributed by atoms with Crippen LogP contribution in [0.15, 0.2) is 54.6 Å². The van der Waals surface area contributed by atoms with Crippen LogP contribution >= 0.6 is 0 Å². The first-order valence-electron chi connectivity index (χ1n) is 13.0. The van der Waals surface area contributed by atoms with Crippen LogP contribution in [-0.4, -0.2) is 36.3 Å². The second-order valence-electron chi connectivity index (χ2n) is 10.5. The number of carbonyl (C=O) groups excluding carboxylic acids is 1. The molecule has 1 saturated heterocycles. The minimum Gasteiger partial charge on any atom is -0.438 e. The van der Waals surface area contributed by atoms with Crippen LogP contribution in [0.25, 0.3) is 0 Å². The van der Waals surface area contributed by atoms with Crippen LogP contribution in [0.2, 0.25) is 18.1 Å². The van der Waals surface area contributed by atoms with E-state index in [1.807, 2.05) is 37.3 Å². The number of rotatable bonds is 8. The predicted octanol–water partition coefficient (Wildman–Crippen LogP) is 7.05. The second-order valence-corrected chi connectivity index (χ2v) is 15.5. The SMILES string of the molecule is CC[Si](C#Cc1ccc(C(C)N2CCC(CC(C)(C)O)(c3ccccc3)OC2=O)cc1)(CC)CC. The summed E-state index contributed by atoms with van der Waals surface area (Å²) in [5, 5.41) is 10.6. The summed E-state index contributed by atoms with van der Waals surface area (Å²) < 4.78 is 6.14. The van der Waals surface area contributed by atoms with Crippen molar-refractivity contribution in [2.45, 2.75) is 89.8 Å². The highest BCUT2D eigenvalue weighted by Gasteiger charge is 2.46. The third-order valence-electron chi connectivity index (χ3n) is 7.65. The summed E-state index contributed by atoms with van der Waals surface area (Å²) in [5.74, 6) is 3.43. The zero-order valence-corrected chi connectivity index (χ0v) is 23.2. The van der Waals surface area contributed by atoms with E-state index < -0.39 is 19.3 Å². The Bertz CT molecular complexity index is 1040. The van der Waals surface area contributed by atoms with Gasteiger partial charge in [-0.25, -0.2) is 4.79 Å². The van der Waals surface area contributed by atoms with Crippen LogP contribution in [0.1, 0.15) is 77.1 Å². The molecule has 35 heavy (non-hydrogen) atoms. The van der Waals surface area contributed by atoms with Crippen molar-refractivity contribution in [3.63, 3.8) is 0 Å². The quantitative estimate of drug-likeness (QED) is 0.318. The van der Waals surface area contributed by atoms with Gasteiger partial charge in [-0.15, -0.1) is 5.54 Å². The Kier molecular flexibility index (Phi) is 8.51. The van der Waals surface area contributed by atoms with Crippen molar-refractivity contribution in [1.82, 2.24) is 4.90 Å². The Labute approximate surface area is 212 Å². The average molecular weight is 492 g/mol. The molecule has 1 fully saturated rings. The molecule has 2 unspecified atom stereocenters. The van der Waals surface area contributed by atoms with Gasteiger partial charge in [0, 0.05) is 24.9 Å². The van der Waals surface area contributed by atoms with E-state index in [1.165, 1.54) is 18.1 Å². The molecule has 0 aliphatic carbocycles. The molecule has 5 heteroatoms. The van der Waals surface area contributed by atoms with E-state index in [9.17, 15) is 9.90 Å². The molecule has 2 atom stereocenters. The molecule has 1 aliphatic heterocycles. The van der Waals surface area contributed by atoms with E-state index in [0.29, 0.717) is 19.4 Å². The fourth-order valence-electron chi connectivity index (χ4n) is 5.14. The zero-order valence-electron chi connectivity index (χ0n) is 22.2. The Balaban J connectivity index is 1.77. The number of cyclic esters (lactones) is 1. The van der Waals surface area contributed by atoms with E-state index in [0.717, 1.165) is 16.7 Å². The first kappa shape index (κ1) is 27.0. The van der Waals surface area contributed by atoms with Gasteiger partial charge in [-0.1, -0.05) is 69.2 Å². The highest BCUT2D eigenvalue weighted by atomic mass is 28.3. The Morgan fingerprint density at radius 1 is 1.06 bits per heavy atom. The lowest BCUT2D eigenvalue weighted by atomic mass is 9.80. The molecule has 1 amide bonds. The number of amides is 1. The normalized spacial score (nSPS) is 19.5. The molecule has 0 spiro atoms. The number of benzene rings is 2. The number of nitrogens with zero attached hydrogens (tertiary/aromatic N) is 1. The summed E-state index contributed by atoms with van der Waals surface area (Å²) in [4.78, 5) is 15.1. The molecular formula is C30H41NO3Si. The second kappa shape index (κ2) is 11.0. The molecule has 0 saturated carbocycles. The van der Waals surface area contributed by atoms with Gasteiger partial charge in [0.15, 0.2) is 0 Å². The van der Waals surface area contributed by atoms with Crippen molar-refractivity contribution in [3.8, 4) is 11.5 Å². The maximum Gasteiger partial charge on any atom is 0.411 e. The lowest BCUT2D eigenvalue weighted by molar-refractivity contribution is -0.101. The molecular weight excluding hydrogens is 450 g/mol. The van der Waals surface area contributed by atoms with Crippen molar-refractivity contribution in [1.29, 1.82) is 0 Å². The van der Waals surface area contributed by atoms with E-state index in [4.69, 9.17) is 4.74 Å². The summed E-state index contributed by atoms with van der Waals surface area (Å²) in [7, 11) is -1.48. The van der Waals surface area contributed by atoms with Crippen molar-refractivity contribution >= 4 is 14.2 Å². The van der Waals surface area contributed by atoms with E-state index in [2.05, 4.69) is 56.5 Å². The molecule has 1 aliphatic rings. The Morgan fingerprint density at radius 3 is 2.17 bits per heavy atom. The van der Waals surface area contributed by atoms with Gasteiger partial charge in [0.05, 0.1) is 11.6 Å². The minimum atomic E-state index is -1.48. The largest absolute Gasteiger partial charge is 0.438 e. The number of aliphatic hydroxyl groups is 1. The summed E-state index contributed by atoms with van der Waals surface area (Å²) in [6.45, 7) is 12.9. The van der Waals surface area contributed by atoms with Crippen molar-refractivity contribution in [3.05, 3.63) is 71.3 Å². The van der Waals surface area contributed by atoms with Gasteiger partial charge in [0.2, 0.25) is 0 Å². The smallest absolute Gasteiger partial charge is 0.411 e. The summed E-state index contributed by atoms with van der Waals surface area (Å²) in [6, 6.07) is 21.5. The van der Waals surface area contributed by atoms with Gasteiger partial charge < -0.3 is 14.7 Å². The number of hydrogen-bond acceptors (Lipinski definition) is 3. The van der Waals surface area contributed by atoms with E-state index in [1.54, 1.807) is 18.7 Å². The van der Waals surface area contributed by atoms with Gasteiger partial charge in [0.1, 0.15) is 13.7 Å². The number of carbonyl (C=O) groups is 1. The van der Waals surface area contributed by atoms with Gasteiger partial charge >= 0.3 is 6.09 Å². The maximum atomic E-state index is 13.3. The zero-order chi connectivity index (χ0) is 25.7. The number of hydrogen-bond donors (Lipinski definition) is 1. The van der Waals surface area contributed by atoms with Crippen LogP contribution in [0, 0.1) is 11.5 Å². The molecule has 2 aromatic carbocycles. The molecule has 0 aromatic heterocycles. The van der Waals surface area contributed by atoms with Crippen LogP contribution in [0.5, 0.6) is 0 Å². The van der Waals surface area contributed by atoms with Gasteiger partial charge in [-0.3, -0.25) is 0 Å². The first-order valence-corrected chi connectivity index (χ1v) is 15.6. The van der Waals surface area contributed by atoms with Crippen LogP contribution < -0.4 is 0 Å². The summed E-state index contributed by atoms with van der Waals surface area (Å²) in [6.07, 6.45) is 0.632. The van der Waals surface area contributed by atoms with Crippen LogP contribution in [0.4, 0.5) is 4.79 Å². The summed E-state index contributed by atoms with van der Waals surface area (Å²) >= 11 is 0. The lowest BCUT2D eigenvalue weighted by Gasteiger charge is -2.45. The van der Waals surface area contributed by atoms with Crippen LogP contribution in [0.3, 0.4) is 0 Å². The molecule has 2 aromatic rings.